The fourth-order valence-electron chi connectivity index (χ4n) is 2.04. The summed E-state index contributed by atoms with van der Waals surface area (Å²) in [4.78, 5) is 8.68. The van der Waals surface area contributed by atoms with Gasteiger partial charge in [-0.3, -0.25) is 0 Å². The molecule has 0 saturated carbocycles. The SMILES string of the molecule is COCc1nc(N)cc(-c2cccc3ccsc23)n1. The lowest BCUT2D eigenvalue weighted by Crippen LogP contribution is -2.02. The molecule has 0 aliphatic rings. The normalized spacial score (nSPS) is 11.0. The van der Waals surface area contributed by atoms with Crippen LogP contribution < -0.4 is 5.73 Å². The first kappa shape index (κ1) is 12.1. The number of anilines is 1. The van der Waals surface area contributed by atoms with Gasteiger partial charge in [0.25, 0.3) is 0 Å². The van der Waals surface area contributed by atoms with Crippen LogP contribution in [0.2, 0.25) is 0 Å². The van der Waals surface area contributed by atoms with Gasteiger partial charge in [0.2, 0.25) is 0 Å². The van der Waals surface area contributed by atoms with E-state index in [2.05, 4.69) is 33.5 Å². The van der Waals surface area contributed by atoms with Gasteiger partial charge in [-0.05, 0) is 16.8 Å². The number of ether oxygens (including phenoxy) is 1. The number of fused-ring (bicyclic) bond motifs is 1. The molecule has 2 heterocycles. The maximum atomic E-state index is 5.84. The van der Waals surface area contributed by atoms with E-state index in [-0.39, 0.29) is 0 Å². The molecule has 0 bridgehead atoms. The van der Waals surface area contributed by atoms with Crippen LogP contribution in [0, 0.1) is 0 Å². The van der Waals surface area contributed by atoms with Crippen LogP contribution in [0.5, 0.6) is 0 Å². The van der Waals surface area contributed by atoms with E-state index in [1.54, 1.807) is 24.5 Å². The molecular formula is C14H13N3OS. The third-order valence-corrected chi connectivity index (χ3v) is 3.78. The molecule has 5 heteroatoms. The highest BCUT2D eigenvalue weighted by Gasteiger charge is 2.09. The van der Waals surface area contributed by atoms with Crippen molar-refractivity contribution in [3.63, 3.8) is 0 Å². The molecular weight excluding hydrogens is 258 g/mol. The van der Waals surface area contributed by atoms with Crippen molar-refractivity contribution >= 4 is 27.2 Å². The zero-order valence-electron chi connectivity index (χ0n) is 10.5. The van der Waals surface area contributed by atoms with Crippen LogP contribution in [-0.2, 0) is 11.3 Å². The number of hydrogen-bond acceptors (Lipinski definition) is 5. The van der Waals surface area contributed by atoms with E-state index in [0.717, 1.165) is 11.3 Å². The van der Waals surface area contributed by atoms with Crippen molar-refractivity contribution in [2.45, 2.75) is 6.61 Å². The first-order chi connectivity index (χ1) is 9.28. The van der Waals surface area contributed by atoms with Crippen molar-refractivity contribution < 1.29 is 4.74 Å². The Morgan fingerprint density at radius 1 is 1.26 bits per heavy atom. The second kappa shape index (κ2) is 4.95. The van der Waals surface area contributed by atoms with Gasteiger partial charge >= 0.3 is 0 Å². The van der Waals surface area contributed by atoms with Gasteiger partial charge in [-0.2, -0.15) is 0 Å². The Balaban J connectivity index is 2.18. The van der Waals surface area contributed by atoms with E-state index in [1.807, 2.05) is 6.07 Å². The molecule has 0 unspecified atom stereocenters. The van der Waals surface area contributed by atoms with Crippen molar-refractivity contribution in [3.05, 3.63) is 41.5 Å². The maximum absolute atomic E-state index is 5.84. The molecule has 0 aliphatic carbocycles. The molecule has 96 valence electrons. The number of rotatable bonds is 3. The van der Waals surface area contributed by atoms with Crippen LogP contribution >= 0.6 is 11.3 Å². The monoisotopic (exact) mass is 271 g/mol. The van der Waals surface area contributed by atoms with Gasteiger partial charge in [0.05, 0.1) is 5.69 Å². The van der Waals surface area contributed by atoms with E-state index < -0.39 is 0 Å². The lowest BCUT2D eigenvalue weighted by molar-refractivity contribution is 0.178. The second-order valence-corrected chi connectivity index (χ2v) is 5.09. The van der Waals surface area contributed by atoms with Gasteiger partial charge in [0, 0.05) is 23.4 Å². The second-order valence-electron chi connectivity index (χ2n) is 4.17. The van der Waals surface area contributed by atoms with Crippen LogP contribution in [0.15, 0.2) is 35.7 Å². The van der Waals surface area contributed by atoms with E-state index in [9.17, 15) is 0 Å². The molecule has 2 N–H and O–H groups in total. The van der Waals surface area contributed by atoms with Crippen molar-refractivity contribution in [1.82, 2.24) is 9.97 Å². The predicted octanol–water partition coefficient (Wildman–Crippen LogP) is 3.09. The Hall–Kier alpha value is -1.98. The van der Waals surface area contributed by atoms with Gasteiger partial charge < -0.3 is 10.5 Å². The maximum Gasteiger partial charge on any atom is 0.157 e. The summed E-state index contributed by atoms with van der Waals surface area (Å²) in [5.74, 6) is 1.07. The summed E-state index contributed by atoms with van der Waals surface area (Å²) in [6.07, 6.45) is 0. The zero-order chi connectivity index (χ0) is 13.2. The van der Waals surface area contributed by atoms with Crippen molar-refractivity contribution in [2.75, 3.05) is 12.8 Å². The highest BCUT2D eigenvalue weighted by atomic mass is 32.1. The summed E-state index contributed by atoms with van der Waals surface area (Å²) in [5, 5.41) is 3.29. The summed E-state index contributed by atoms with van der Waals surface area (Å²) >= 11 is 1.70. The van der Waals surface area contributed by atoms with Crippen LogP contribution in [0.3, 0.4) is 0 Å². The largest absolute Gasteiger partial charge is 0.384 e. The number of aromatic nitrogens is 2. The minimum Gasteiger partial charge on any atom is -0.384 e. The molecule has 0 aliphatic heterocycles. The number of thiophene rings is 1. The summed E-state index contributed by atoms with van der Waals surface area (Å²) in [6, 6.07) is 10.1. The molecule has 3 aromatic rings. The molecule has 2 aromatic heterocycles. The third kappa shape index (κ3) is 2.30. The number of methoxy groups -OCH3 is 1. The van der Waals surface area contributed by atoms with Gasteiger partial charge in [-0.1, -0.05) is 18.2 Å². The lowest BCUT2D eigenvalue weighted by atomic mass is 10.1. The molecule has 0 radical (unpaired) electrons. The van der Waals surface area contributed by atoms with Crippen molar-refractivity contribution in [1.29, 1.82) is 0 Å². The van der Waals surface area contributed by atoms with Crippen LogP contribution in [0.1, 0.15) is 5.82 Å². The fourth-order valence-corrected chi connectivity index (χ4v) is 2.97. The minimum atomic E-state index is 0.360. The third-order valence-electron chi connectivity index (χ3n) is 2.82. The standard InChI is InChI=1S/C14H13N3OS/c1-18-8-13-16-11(7-12(15)17-13)10-4-2-3-9-5-6-19-14(9)10/h2-7H,8H2,1H3,(H2,15,16,17). The summed E-state index contributed by atoms with van der Waals surface area (Å²) in [5.41, 5.74) is 7.77. The molecule has 0 spiro atoms. The quantitative estimate of drug-likeness (QED) is 0.795. The molecule has 0 atom stereocenters. The molecule has 0 amide bonds. The summed E-state index contributed by atoms with van der Waals surface area (Å²) in [6.45, 7) is 0.360. The number of hydrogen-bond donors (Lipinski definition) is 1. The smallest absolute Gasteiger partial charge is 0.157 e. The zero-order valence-corrected chi connectivity index (χ0v) is 11.3. The molecule has 3 rings (SSSR count). The Kier molecular flexibility index (Phi) is 3.15. The number of nitrogens with two attached hydrogens (primary N) is 1. The number of nitrogens with zero attached hydrogens (tertiary/aromatic N) is 2. The lowest BCUT2D eigenvalue weighted by Gasteiger charge is -2.06. The Bertz CT molecular complexity index is 724. The predicted molar refractivity (Wildman–Crippen MR) is 78.0 cm³/mol. The van der Waals surface area contributed by atoms with E-state index in [0.29, 0.717) is 18.2 Å². The van der Waals surface area contributed by atoms with E-state index in [4.69, 9.17) is 10.5 Å². The minimum absolute atomic E-state index is 0.360. The number of nitrogen functional groups attached to an aromatic ring is 1. The average molecular weight is 271 g/mol. The van der Waals surface area contributed by atoms with Gasteiger partial charge in [0.1, 0.15) is 12.4 Å². The molecule has 19 heavy (non-hydrogen) atoms. The van der Waals surface area contributed by atoms with Gasteiger partial charge in [-0.15, -0.1) is 11.3 Å². The van der Waals surface area contributed by atoms with Gasteiger partial charge in [0.15, 0.2) is 5.82 Å². The molecule has 1 aromatic carbocycles. The van der Waals surface area contributed by atoms with Crippen LogP contribution in [0.25, 0.3) is 21.3 Å². The van der Waals surface area contributed by atoms with E-state index >= 15 is 0 Å². The molecule has 0 saturated heterocycles. The molecule has 4 nitrogen and oxygen atoms in total. The van der Waals surface area contributed by atoms with Crippen LogP contribution in [0.4, 0.5) is 5.82 Å². The van der Waals surface area contributed by atoms with Crippen molar-refractivity contribution in [3.8, 4) is 11.3 Å². The molecule has 0 fully saturated rings. The highest BCUT2D eigenvalue weighted by Crippen LogP contribution is 2.31. The average Bonchev–Trinajstić information content (AvgIpc) is 2.86. The topological polar surface area (TPSA) is 61.0 Å². The Morgan fingerprint density at radius 2 is 2.16 bits per heavy atom. The first-order valence-electron chi connectivity index (χ1n) is 5.87. The number of benzene rings is 1. The van der Waals surface area contributed by atoms with Crippen LogP contribution in [-0.4, -0.2) is 17.1 Å². The van der Waals surface area contributed by atoms with Crippen molar-refractivity contribution in [2.24, 2.45) is 0 Å². The first-order valence-corrected chi connectivity index (χ1v) is 6.75. The highest BCUT2D eigenvalue weighted by molar-refractivity contribution is 7.17. The summed E-state index contributed by atoms with van der Waals surface area (Å²) < 4.78 is 6.28. The Labute approximate surface area is 114 Å². The Morgan fingerprint density at radius 3 is 3.00 bits per heavy atom. The fraction of sp³-hybridized carbons (Fsp3) is 0.143. The van der Waals surface area contributed by atoms with Gasteiger partial charge in [-0.25, -0.2) is 9.97 Å². The van der Waals surface area contributed by atoms with E-state index in [1.165, 1.54) is 10.1 Å². The summed E-state index contributed by atoms with van der Waals surface area (Å²) in [7, 11) is 1.62.